The van der Waals surface area contributed by atoms with Crippen LogP contribution in [0.1, 0.15) is 53.1 Å². The zero-order valence-corrected chi connectivity index (χ0v) is 20.7. The average molecular weight is 541 g/mol. The van der Waals surface area contributed by atoms with Crippen LogP contribution in [-0.2, 0) is 4.74 Å². The molecule has 0 saturated heterocycles. The number of esters is 1. The van der Waals surface area contributed by atoms with Gasteiger partial charge in [-0.1, -0.05) is 60.1 Å². The second kappa shape index (κ2) is 10.3. The number of ketones is 1. The number of fused-ring (bicyclic) bond motifs is 1. The summed E-state index contributed by atoms with van der Waals surface area (Å²) in [5, 5.41) is 11.6. The number of rotatable bonds is 7. The van der Waals surface area contributed by atoms with Crippen LogP contribution in [-0.4, -0.2) is 28.5 Å². The Kier molecular flexibility index (Phi) is 6.74. The number of Topliss-reactive ketones (excluding diaryl/α,β-unsaturated/α-hetero) is 1. The number of amides is 2. The lowest BCUT2D eigenvalue weighted by Crippen LogP contribution is -2.29. The van der Waals surface area contributed by atoms with Gasteiger partial charge >= 0.3 is 5.97 Å². The van der Waals surface area contributed by atoms with E-state index in [1.807, 2.05) is 0 Å². The Labute approximate surface area is 226 Å². The molecule has 0 bridgehead atoms. The number of nitro benzene ring substituents is 1. The number of halogens is 1. The number of benzene rings is 4. The molecular weight excluding hydrogens is 524 g/mol. The van der Waals surface area contributed by atoms with Gasteiger partial charge in [0.25, 0.3) is 17.5 Å². The van der Waals surface area contributed by atoms with Crippen LogP contribution in [0.15, 0.2) is 97.1 Å². The molecule has 0 fully saturated rings. The number of nitrogens with zero attached hydrogens (tertiary/aromatic N) is 2. The summed E-state index contributed by atoms with van der Waals surface area (Å²) >= 11 is 5.98. The summed E-state index contributed by atoms with van der Waals surface area (Å²) in [5.74, 6) is -2.79. The Bertz CT molecular complexity index is 1650. The van der Waals surface area contributed by atoms with Crippen molar-refractivity contribution in [3.05, 3.63) is 140 Å². The average Bonchev–Trinajstić information content (AvgIpc) is 3.21. The molecule has 2 amide bonds. The number of anilines is 1. The molecule has 0 radical (unpaired) electrons. The molecule has 0 aliphatic carbocycles. The molecule has 4 aromatic rings. The fraction of sp³-hybridized carbons (Fsp3) is 0.0345. The third-order valence-corrected chi connectivity index (χ3v) is 6.37. The highest BCUT2D eigenvalue weighted by Gasteiger charge is 2.38. The van der Waals surface area contributed by atoms with Gasteiger partial charge in [-0.3, -0.25) is 24.5 Å². The van der Waals surface area contributed by atoms with Gasteiger partial charge in [0, 0.05) is 28.3 Å². The summed E-state index contributed by atoms with van der Waals surface area (Å²) in [6.45, 7) is 0. The zero-order chi connectivity index (χ0) is 27.7. The highest BCUT2D eigenvalue weighted by Crippen LogP contribution is 2.32. The van der Waals surface area contributed by atoms with Gasteiger partial charge in [-0.2, -0.15) is 0 Å². The van der Waals surface area contributed by atoms with Crippen molar-refractivity contribution < 1.29 is 28.8 Å². The molecular formula is C29H17ClN2O7. The number of carbonyl (C=O) groups excluding carboxylic acids is 4. The maximum absolute atomic E-state index is 13.3. The Morgan fingerprint density at radius 3 is 2.18 bits per heavy atom. The van der Waals surface area contributed by atoms with E-state index in [-0.39, 0.29) is 28.1 Å². The first kappa shape index (κ1) is 25.5. The van der Waals surface area contributed by atoms with E-state index in [1.165, 1.54) is 36.4 Å². The van der Waals surface area contributed by atoms with E-state index in [4.69, 9.17) is 16.3 Å². The van der Waals surface area contributed by atoms with E-state index in [1.54, 1.807) is 54.6 Å². The Morgan fingerprint density at radius 1 is 0.795 bits per heavy atom. The molecule has 0 unspecified atom stereocenters. The van der Waals surface area contributed by atoms with Crippen LogP contribution in [0.2, 0.25) is 5.02 Å². The third kappa shape index (κ3) is 4.90. The van der Waals surface area contributed by atoms with E-state index < -0.39 is 34.6 Å². The Morgan fingerprint density at radius 2 is 1.49 bits per heavy atom. The fourth-order valence-corrected chi connectivity index (χ4v) is 4.31. The molecule has 0 N–H and O–H groups in total. The number of imide groups is 1. The maximum atomic E-state index is 13.3. The summed E-state index contributed by atoms with van der Waals surface area (Å²) in [7, 11) is 0. The number of non-ortho nitro benzene ring substituents is 1. The first-order valence-corrected chi connectivity index (χ1v) is 12.0. The van der Waals surface area contributed by atoms with Crippen molar-refractivity contribution in [1.82, 2.24) is 0 Å². The molecule has 10 heteroatoms. The van der Waals surface area contributed by atoms with E-state index in [0.717, 1.165) is 11.0 Å². The molecule has 1 heterocycles. The van der Waals surface area contributed by atoms with Crippen LogP contribution >= 0.6 is 11.6 Å². The largest absolute Gasteiger partial charge is 0.445 e. The zero-order valence-electron chi connectivity index (χ0n) is 19.9. The van der Waals surface area contributed by atoms with Crippen LogP contribution in [0.25, 0.3) is 0 Å². The van der Waals surface area contributed by atoms with E-state index in [9.17, 15) is 29.3 Å². The summed E-state index contributed by atoms with van der Waals surface area (Å²) < 4.78 is 5.64. The number of ether oxygens (including phenoxy) is 1. The molecule has 4 aromatic carbocycles. The maximum Gasteiger partial charge on any atom is 0.339 e. The second-order valence-electron chi connectivity index (χ2n) is 8.55. The number of hydrogen-bond acceptors (Lipinski definition) is 7. The second-order valence-corrected chi connectivity index (χ2v) is 8.99. The van der Waals surface area contributed by atoms with Crippen LogP contribution in [0, 0.1) is 10.1 Å². The van der Waals surface area contributed by atoms with Gasteiger partial charge in [0.15, 0.2) is 6.10 Å². The van der Waals surface area contributed by atoms with Gasteiger partial charge in [-0.05, 0) is 36.4 Å². The Hall–Kier alpha value is -5.15. The molecule has 1 aliphatic heterocycles. The summed E-state index contributed by atoms with van der Waals surface area (Å²) in [6.07, 6.45) is -1.30. The molecule has 192 valence electrons. The van der Waals surface area contributed by atoms with Gasteiger partial charge in [-0.15, -0.1) is 0 Å². The summed E-state index contributed by atoms with van der Waals surface area (Å²) in [4.78, 5) is 63.9. The summed E-state index contributed by atoms with van der Waals surface area (Å²) in [5.41, 5.74) is 0.352. The molecule has 0 spiro atoms. The monoisotopic (exact) mass is 540 g/mol. The van der Waals surface area contributed by atoms with E-state index in [0.29, 0.717) is 16.1 Å². The van der Waals surface area contributed by atoms with Crippen molar-refractivity contribution in [3.8, 4) is 0 Å². The summed E-state index contributed by atoms with van der Waals surface area (Å²) in [6, 6.07) is 23.5. The van der Waals surface area contributed by atoms with Crippen molar-refractivity contribution in [1.29, 1.82) is 0 Å². The number of carbonyl (C=O) groups is 4. The predicted octanol–water partition coefficient (Wildman–Crippen LogP) is 5.83. The molecule has 9 nitrogen and oxygen atoms in total. The Balaban J connectivity index is 1.45. The third-order valence-electron chi connectivity index (χ3n) is 6.12. The minimum atomic E-state index is -1.30. The molecule has 39 heavy (non-hydrogen) atoms. The lowest BCUT2D eigenvalue weighted by Gasteiger charge is -2.18. The van der Waals surface area contributed by atoms with Crippen molar-refractivity contribution in [2.45, 2.75) is 6.10 Å². The topological polar surface area (TPSA) is 124 Å². The van der Waals surface area contributed by atoms with Crippen LogP contribution in [0.5, 0.6) is 0 Å². The highest BCUT2D eigenvalue weighted by molar-refractivity contribution is 6.34. The molecule has 1 aliphatic rings. The first-order chi connectivity index (χ1) is 18.7. The lowest BCUT2D eigenvalue weighted by molar-refractivity contribution is -0.384. The van der Waals surface area contributed by atoms with Crippen LogP contribution < -0.4 is 4.90 Å². The van der Waals surface area contributed by atoms with Crippen molar-refractivity contribution in [3.63, 3.8) is 0 Å². The molecule has 5 rings (SSSR count). The van der Waals surface area contributed by atoms with E-state index >= 15 is 0 Å². The van der Waals surface area contributed by atoms with Crippen LogP contribution in [0.3, 0.4) is 0 Å². The fourth-order valence-electron chi connectivity index (χ4n) is 4.19. The molecule has 0 aromatic heterocycles. The number of nitro groups is 1. The minimum absolute atomic E-state index is 0.0239. The highest BCUT2D eigenvalue weighted by atomic mass is 35.5. The smallest absolute Gasteiger partial charge is 0.339 e. The van der Waals surface area contributed by atoms with Gasteiger partial charge in [-0.25, -0.2) is 9.69 Å². The normalized spacial score (nSPS) is 13.1. The minimum Gasteiger partial charge on any atom is -0.445 e. The quantitative estimate of drug-likeness (QED) is 0.0949. The molecule has 1 atom stereocenters. The first-order valence-electron chi connectivity index (χ1n) is 11.6. The predicted molar refractivity (Wildman–Crippen MR) is 141 cm³/mol. The van der Waals surface area contributed by atoms with Gasteiger partial charge in [0.1, 0.15) is 0 Å². The van der Waals surface area contributed by atoms with Crippen LogP contribution in [0.4, 0.5) is 11.4 Å². The number of hydrogen-bond donors (Lipinski definition) is 0. The van der Waals surface area contributed by atoms with Gasteiger partial charge < -0.3 is 4.74 Å². The van der Waals surface area contributed by atoms with Crippen molar-refractivity contribution >= 4 is 46.5 Å². The molecule has 0 saturated carbocycles. The van der Waals surface area contributed by atoms with Crippen molar-refractivity contribution in [2.24, 2.45) is 0 Å². The lowest BCUT2D eigenvalue weighted by atomic mass is 9.99. The SMILES string of the molecule is O=C(O[C@H](C(=O)c1ccccc1)c1ccc(Cl)cc1)c1ccc2c(c1)C(=O)N(c1cccc([N+](=O)[O-])c1)C2=O. The van der Waals surface area contributed by atoms with Gasteiger partial charge in [0.05, 0.1) is 27.3 Å². The van der Waals surface area contributed by atoms with E-state index in [2.05, 4.69) is 0 Å². The van der Waals surface area contributed by atoms with Crippen molar-refractivity contribution in [2.75, 3.05) is 4.90 Å². The standard InChI is InChI=1S/C29H17ClN2O7/c30-20-12-9-18(10-13-20)26(25(33)17-5-2-1-3-6-17)39-29(36)19-11-14-23-24(15-19)28(35)31(27(23)34)21-7-4-8-22(16-21)32(37)38/h1-16,26H/t26-/m0/s1. The van der Waals surface area contributed by atoms with Gasteiger partial charge in [0.2, 0.25) is 5.78 Å².